The Morgan fingerprint density at radius 3 is 2.71 bits per heavy atom. The maximum absolute atomic E-state index is 11.8. The van der Waals surface area contributed by atoms with E-state index in [0.717, 1.165) is 11.0 Å². The zero-order valence-electron chi connectivity index (χ0n) is 9.64. The van der Waals surface area contributed by atoms with Crippen molar-refractivity contribution in [1.82, 2.24) is 9.13 Å². The fraction of sp³-hybridized carbons (Fsp3) is 0.364. The molecule has 1 aromatic carbocycles. The van der Waals surface area contributed by atoms with Gasteiger partial charge < -0.3 is 7.80 Å². The summed E-state index contributed by atoms with van der Waals surface area (Å²) in [6.07, 6.45) is 0. The first-order valence-electron chi connectivity index (χ1n) is 5.17. The number of ether oxygens (including phenoxy) is 1. The summed E-state index contributed by atoms with van der Waals surface area (Å²) in [5, 5.41) is 0. The molecule has 0 atom stereocenters. The summed E-state index contributed by atoms with van der Waals surface area (Å²) in [4.78, 5) is 11.8. The van der Waals surface area contributed by atoms with E-state index < -0.39 is 0 Å². The Morgan fingerprint density at radius 1 is 1.24 bits per heavy atom. The van der Waals surface area contributed by atoms with E-state index in [4.69, 9.17) is 7.80 Å². The van der Waals surface area contributed by atoms with E-state index in [2.05, 4.69) is 0 Å². The molecule has 92 valence electrons. The van der Waals surface area contributed by atoms with Crippen LogP contribution >= 0.6 is 23.0 Å². The van der Waals surface area contributed by atoms with Gasteiger partial charge in [0.25, 0.3) is 0 Å². The van der Waals surface area contributed by atoms with Crippen LogP contribution in [0.3, 0.4) is 0 Å². The van der Waals surface area contributed by atoms with Crippen LogP contribution in [-0.2, 0) is 17.2 Å². The Labute approximate surface area is 113 Å². The number of imidazole rings is 1. The van der Waals surface area contributed by atoms with E-state index in [1.54, 1.807) is 23.2 Å². The summed E-state index contributed by atoms with van der Waals surface area (Å²) < 4.78 is 13.7. The third kappa shape index (κ3) is 2.19. The van der Waals surface area contributed by atoms with Gasteiger partial charge in [-0.15, -0.1) is 0 Å². The van der Waals surface area contributed by atoms with Crippen molar-refractivity contribution in [3.8, 4) is 5.75 Å². The van der Waals surface area contributed by atoms with Crippen molar-refractivity contribution in [2.24, 2.45) is 14.1 Å². The van der Waals surface area contributed by atoms with Gasteiger partial charge in [-0.2, -0.15) is 0 Å². The zero-order valence-corrected chi connectivity index (χ0v) is 11.8. The molecule has 17 heavy (non-hydrogen) atoms. The van der Waals surface area contributed by atoms with E-state index in [9.17, 15) is 4.79 Å². The number of hydrogen-bond donors (Lipinski definition) is 0. The van der Waals surface area contributed by atoms with Crippen LogP contribution in [0.1, 0.15) is 0 Å². The Kier molecular flexibility index (Phi) is 3.72. The van der Waals surface area contributed by atoms with E-state index in [1.165, 1.54) is 0 Å². The van der Waals surface area contributed by atoms with Crippen molar-refractivity contribution in [2.75, 3.05) is 13.2 Å². The summed E-state index contributed by atoms with van der Waals surface area (Å²) in [6.45, 7) is 0.975. The van der Waals surface area contributed by atoms with Gasteiger partial charge in [0.2, 0.25) is 0 Å². The van der Waals surface area contributed by atoms with Crippen LogP contribution in [-0.4, -0.2) is 22.3 Å². The molecule has 2 aromatic rings. The van der Waals surface area contributed by atoms with Gasteiger partial charge in [-0.3, -0.25) is 9.13 Å². The molecule has 0 amide bonds. The lowest BCUT2D eigenvalue weighted by molar-refractivity contribution is 0.258. The first-order valence-corrected chi connectivity index (χ1v) is 6.05. The molecule has 0 bridgehead atoms. The van der Waals surface area contributed by atoms with Crippen LogP contribution < -0.4 is 10.4 Å². The fourth-order valence-electron chi connectivity index (χ4n) is 1.84. The molecular formula is C11H13IN2O3. The number of para-hydroxylation sites is 1. The Balaban J connectivity index is 2.50. The minimum Gasteiger partial charge on any atom is -0.489 e. The van der Waals surface area contributed by atoms with Crippen molar-refractivity contribution >= 4 is 34.0 Å². The number of hydrogen-bond acceptors (Lipinski definition) is 3. The average molecular weight is 348 g/mol. The van der Waals surface area contributed by atoms with Crippen LogP contribution in [0.4, 0.5) is 0 Å². The maximum Gasteiger partial charge on any atom is 0.328 e. The van der Waals surface area contributed by atoms with Gasteiger partial charge in [0.15, 0.2) is 0 Å². The van der Waals surface area contributed by atoms with E-state index in [1.807, 2.05) is 41.2 Å². The highest BCUT2D eigenvalue weighted by atomic mass is 127. The minimum atomic E-state index is -0.0545. The summed E-state index contributed by atoms with van der Waals surface area (Å²) in [6, 6.07) is 5.63. The van der Waals surface area contributed by atoms with Crippen LogP contribution in [0.2, 0.25) is 0 Å². The SMILES string of the molecule is Cn1c(=O)n(C)c2c(OCCOI)cccc21. The molecule has 0 saturated carbocycles. The van der Waals surface area contributed by atoms with Crippen molar-refractivity contribution in [3.63, 3.8) is 0 Å². The van der Waals surface area contributed by atoms with Crippen molar-refractivity contribution in [3.05, 3.63) is 28.7 Å². The third-order valence-electron chi connectivity index (χ3n) is 2.67. The normalized spacial score (nSPS) is 11.0. The number of rotatable bonds is 4. The molecule has 0 saturated heterocycles. The third-order valence-corrected chi connectivity index (χ3v) is 3.11. The van der Waals surface area contributed by atoms with Gasteiger partial charge in [0, 0.05) is 14.1 Å². The molecule has 0 N–H and O–H groups in total. The second-order valence-electron chi connectivity index (χ2n) is 3.69. The molecular weight excluding hydrogens is 335 g/mol. The highest BCUT2D eigenvalue weighted by Crippen LogP contribution is 2.23. The van der Waals surface area contributed by atoms with Crippen LogP contribution in [0.15, 0.2) is 23.0 Å². The monoisotopic (exact) mass is 348 g/mol. The lowest BCUT2D eigenvalue weighted by Gasteiger charge is -2.07. The number of nitrogens with zero attached hydrogens (tertiary/aromatic N) is 2. The van der Waals surface area contributed by atoms with Gasteiger partial charge in [0.05, 0.1) is 12.1 Å². The second kappa shape index (κ2) is 5.09. The number of aromatic nitrogens is 2. The lowest BCUT2D eigenvalue weighted by Crippen LogP contribution is -2.19. The van der Waals surface area contributed by atoms with Crippen LogP contribution in [0.5, 0.6) is 5.75 Å². The summed E-state index contributed by atoms with van der Waals surface area (Å²) in [7, 11) is 3.49. The molecule has 6 heteroatoms. The molecule has 1 heterocycles. The first-order chi connectivity index (χ1) is 8.16. The average Bonchev–Trinajstić information content (AvgIpc) is 2.56. The Morgan fingerprint density at radius 2 is 2.00 bits per heavy atom. The highest BCUT2D eigenvalue weighted by Gasteiger charge is 2.11. The van der Waals surface area contributed by atoms with Crippen molar-refractivity contribution in [1.29, 1.82) is 0 Å². The van der Waals surface area contributed by atoms with Gasteiger partial charge in [-0.1, -0.05) is 6.07 Å². The quantitative estimate of drug-likeness (QED) is 0.623. The predicted octanol–water partition coefficient (Wildman–Crippen LogP) is 1.62. The number of aryl methyl sites for hydroxylation is 2. The van der Waals surface area contributed by atoms with E-state index >= 15 is 0 Å². The maximum atomic E-state index is 11.8. The molecule has 0 aliphatic carbocycles. The summed E-state index contributed by atoms with van der Waals surface area (Å²) >= 11 is 1.83. The summed E-state index contributed by atoms with van der Waals surface area (Å²) in [5.41, 5.74) is 1.63. The lowest BCUT2D eigenvalue weighted by atomic mass is 10.3. The second-order valence-corrected chi connectivity index (χ2v) is 4.31. The van der Waals surface area contributed by atoms with E-state index in [-0.39, 0.29) is 5.69 Å². The molecule has 0 radical (unpaired) electrons. The first kappa shape index (κ1) is 12.4. The molecule has 0 fully saturated rings. The Hall–Kier alpha value is -1.02. The standard InChI is InChI=1S/C11H13IN2O3/c1-13-8-4-3-5-9(16-6-7-17-12)10(8)14(2)11(13)15/h3-5H,6-7H2,1-2H3. The molecule has 0 unspecified atom stereocenters. The number of fused-ring (bicyclic) bond motifs is 1. The Bertz CT molecular complexity index is 588. The van der Waals surface area contributed by atoms with Crippen LogP contribution in [0.25, 0.3) is 11.0 Å². The van der Waals surface area contributed by atoms with Gasteiger partial charge in [0.1, 0.15) is 40.9 Å². The van der Waals surface area contributed by atoms with Gasteiger partial charge in [-0.25, -0.2) is 4.79 Å². The van der Waals surface area contributed by atoms with Gasteiger partial charge >= 0.3 is 5.69 Å². The smallest absolute Gasteiger partial charge is 0.328 e. The van der Waals surface area contributed by atoms with Crippen LogP contribution in [0, 0.1) is 0 Å². The van der Waals surface area contributed by atoms with Gasteiger partial charge in [-0.05, 0) is 12.1 Å². The fourth-order valence-corrected chi connectivity index (χ4v) is 2.02. The molecule has 2 rings (SSSR count). The highest BCUT2D eigenvalue weighted by molar-refractivity contribution is 14.1. The molecule has 0 aliphatic heterocycles. The molecule has 0 aliphatic rings. The van der Waals surface area contributed by atoms with E-state index in [0.29, 0.717) is 19.0 Å². The topological polar surface area (TPSA) is 45.4 Å². The summed E-state index contributed by atoms with van der Waals surface area (Å²) in [5.74, 6) is 0.705. The van der Waals surface area contributed by atoms with Crippen molar-refractivity contribution < 1.29 is 7.80 Å². The zero-order chi connectivity index (χ0) is 12.4. The largest absolute Gasteiger partial charge is 0.489 e. The molecule has 5 nitrogen and oxygen atoms in total. The minimum absolute atomic E-state index is 0.0545. The number of halogens is 1. The molecule has 1 aromatic heterocycles. The molecule has 0 spiro atoms. The van der Waals surface area contributed by atoms with Crippen molar-refractivity contribution in [2.45, 2.75) is 0 Å². The number of benzene rings is 1. The predicted molar refractivity (Wildman–Crippen MR) is 73.6 cm³/mol.